The molecule has 1 aliphatic rings. The van der Waals surface area contributed by atoms with Gasteiger partial charge in [0.15, 0.2) is 0 Å². The molecule has 72 valence electrons. The number of ether oxygens (including phenoxy) is 1. The molecule has 0 aromatic carbocycles. The number of morpholine rings is 1. The summed E-state index contributed by atoms with van der Waals surface area (Å²) in [5.41, 5.74) is 0. The summed E-state index contributed by atoms with van der Waals surface area (Å²) in [4.78, 5) is 3.53. The average molecular weight is 258 g/mol. The number of hydrogen-bond acceptors (Lipinski definition) is 3. The summed E-state index contributed by atoms with van der Waals surface area (Å²) in [6, 6.07) is 0. The van der Waals surface area contributed by atoms with Crippen molar-refractivity contribution in [2.45, 2.75) is 0 Å². The van der Waals surface area contributed by atoms with Gasteiger partial charge in [0.25, 0.3) is 0 Å². The summed E-state index contributed by atoms with van der Waals surface area (Å²) in [6.45, 7) is -16.5. The summed E-state index contributed by atoms with van der Waals surface area (Å²) in [5, 5.41) is 0. The first-order chi connectivity index (χ1) is 10.9. The summed E-state index contributed by atoms with van der Waals surface area (Å²) in [6.07, 6.45) is -0.741. The van der Waals surface area contributed by atoms with Crippen molar-refractivity contribution >= 4 is 21.9 Å². The Hall–Kier alpha value is -0.550. The van der Waals surface area contributed by atoms with Crippen LogP contribution in [0, 0.1) is 0 Å². The molecule has 4 nitrogen and oxygen atoms in total. The second-order valence-electron chi connectivity index (χ2n) is 2.02. The van der Waals surface area contributed by atoms with Gasteiger partial charge in [0.1, 0.15) is 4.60 Å². The highest BCUT2D eigenvalue weighted by Gasteiger charge is 2.15. The number of rotatable bonds is 1. The van der Waals surface area contributed by atoms with Crippen molar-refractivity contribution in [1.29, 1.82) is 0 Å². The van der Waals surface area contributed by atoms with Crippen LogP contribution in [0.2, 0.25) is 0 Å². The third-order valence-corrected chi connectivity index (χ3v) is 1.57. The van der Waals surface area contributed by atoms with Crippen molar-refractivity contribution in [3.8, 4) is 0 Å². The highest BCUT2D eigenvalue weighted by atomic mass is 79.9. The first-order valence-electron chi connectivity index (χ1n) is 9.14. The molecule has 0 radical (unpaired) electrons. The standard InChI is InChI=1S/C8H12BrN3O/c1-11-6-7(9)10-8(11)12-2-4-13-5-3-12/h6H,2-5H2,1H3/i1D3,2D2,3D2,4D2,5D2,6D. The minimum atomic E-state index is -3.36. The molecule has 2 rings (SSSR count). The van der Waals surface area contributed by atoms with Gasteiger partial charge < -0.3 is 14.2 Å². The van der Waals surface area contributed by atoms with Crippen LogP contribution in [0.5, 0.6) is 0 Å². The van der Waals surface area contributed by atoms with Crippen LogP contribution in [0.25, 0.3) is 0 Å². The Bertz CT molecular complexity index is 671. The Morgan fingerprint density at radius 1 is 1.77 bits per heavy atom. The van der Waals surface area contributed by atoms with E-state index >= 15 is 0 Å². The fourth-order valence-electron chi connectivity index (χ4n) is 0.745. The van der Waals surface area contributed by atoms with Crippen LogP contribution < -0.4 is 4.90 Å². The van der Waals surface area contributed by atoms with Gasteiger partial charge >= 0.3 is 0 Å². The largest absolute Gasteiger partial charge is 0.378 e. The van der Waals surface area contributed by atoms with E-state index in [4.69, 9.17) is 16.4 Å². The minimum absolute atomic E-state index is 0.0847. The molecule has 0 amide bonds. The average Bonchev–Trinajstić information content (AvgIpc) is 2.60. The quantitative estimate of drug-likeness (QED) is 0.753. The van der Waals surface area contributed by atoms with Gasteiger partial charge in [-0.15, -0.1) is 0 Å². The van der Waals surface area contributed by atoms with E-state index in [0.717, 1.165) is 0 Å². The molecule has 0 unspecified atom stereocenters. The van der Waals surface area contributed by atoms with E-state index in [1.54, 1.807) is 0 Å². The molecule has 13 heavy (non-hydrogen) atoms. The highest BCUT2D eigenvalue weighted by molar-refractivity contribution is 9.10. The maximum atomic E-state index is 7.91. The molecule has 2 heterocycles. The van der Waals surface area contributed by atoms with Crippen LogP contribution in [-0.4, -0.2) is 35.7 Å². The lowest BCUT2D eigenvalue weighted by Gasteiger charge is -2.27. The SMILES string of the molecule is [2H]c1c(Br)nc(N2C([2H])([2H])C([2H])([2H])OC([2H])([2H])C2([2H])[2H])n1C([2H])([2H])[2H]. The Morgan fingerprint density at radius 3 is 3.23 bits per heavy atom. The molecule has 1 aromatic heterocycles. The molecule has 1 saturated heterocycles. The summed E-state index contributed by atoms with van der Waals surface area (Å²) < 4.78 is 96.4. The predicted molar refractivity (Wildman–Crippen MR) is 53.9 cm³/mol. The van der Waals surface area contributed by atoms with Crippen molar-refractivity contribution in [2.24, 2.45) is 6.98 Å². The normalized spacial score (nSPS) is 47.9. The van der Waals surface area contributed by atoms with Crippen LogP contribution in [0.4, 0.5) is 5.95 Å². The third-order valence-electron chi connectivity index (χ3n) is 1.22. The van der Waals surface area contributed by atoms with Crippen LogP contribution >= 0.6 is 15.9 Å². The molecule has 5 heteroatoms. The zero-order valence-electron chi connectivity index (χ0n) is 18.1. The molecule has 0 atom stereocenters. The number of halogens is 1. The van der Waals surface area contributed by atoms with Crippen LogP contribution in [0.1, 0.15) is 16.4 Å². The van der Waals surface area contributed by atoms with Crippen LogP contribution in [-0.2, 0) is 11.7 Å². The van der Waals surface area contributed by atoms with Crippen LogP contribution in [0.15, 0.2) is 10.8 Å². The van der Waals surface area contributed by atoms with Crippen molar-refractivity contribution in [1.82, 2.24) is 9.55 Å². The first-order valence-corrected chi connectivity index (χ1v) is 3.93. The zero-order chi connectivity index (χ0) is 19.8. The molecule has 0 N–H and O–H groups in total. The number of anilines is 1. The van der Waals surface area contributed by atoms with Gasteiger partial charge in [0.2, 0.25) is 5.95 Å². The van der Waals surface area contributed by atoms with Crippen molar-refractivity contribution in [3.63, 3.8) is 0 Å². The summed E-state index contributed by atoms with van der Waals surface area (Å²) >= 11 is 2.80. The predicted octanol–water partition coefficient (Wildman–Crippen LogP) is 1.02. The highest BCUT2D eigenvalue weighted by Crippen LogP contribution is 2.17. The number of nitrogens with zero attached hydrogens (tertiary/aromatic N) is 3. The maximum Gasteiger partial charge on any atom is 0.206 e. The van der Waals surface area contributed by atoms with E-state index in [2.05, 4.69) is 25.7 Å². The van der Waals surface area contributed by atoms with Gasteiger partial charge in [-0.3, -0.25) is 0 Å². The van der Waals surface area contributed by atoms with Gasteiger partial charge in [-0.25, -0.2) is 4.98 Å². The van der Waals surface area contributed by atoms with Gasteiger partial charge in [0.05, 0.1) is 25.5 Å². The smallest absolute Gasteiger partial charge is 0.206 e. The lowest BCUT2D eigenvalue weighted by atomic mass is 10.4. The van der Waals surface area contributed by atoms with E-state index in [1.807, 2.05) is 0 Å². The third kappa shape index (κ3) is 1.86. The van der Waals surface area contributed by atoms with E-state index in [-0.39, 0.29) is 14.1 Å². The first kappa shape index (κ1) is 2.52. The van der Waals surface area contributed by atoms with Crippen molar-refractivity contribution < 1.29 is 21.2 Å². The van der Waals surface area contributed by atoms with E-state index in [1.165, 1.54) is 0 Å². The van der Waals surface area contributed by atoms with E-state index in [0.29, 0.717) is 0 Å². The Kier molecular flexibility index (Phi) is 0.712. The number of imidazole rings is 1. The van der Waals surface area contributed by atoms with Crippen molar-refractivity contribution in [3.05, 3.63) is 10.8 Å². The number of aromatic nitrogens is 2. The minimum Gasteiger partial charge on any atom is -0.378 e. The molecular weight excluding hydrogens is 234 g/mol. The lowest BCUT2D eigenvalue weighted by Crippen LogP contribution is -2.37. The molecule has 1 aliphatic heterocycles. The van der Waals surface area contributed by atoms with Gasteiger partial charge in [0, 0.05) is 30.3 Å². The Morgan fingerprint density at radius 2 is 2.54 bits per heavy atom. The molecule has 0 saturated carbocycles. The Balaban J connectivity index is 2.85. The molecular formula is C8H12BrN3O. The summed E-state index contributed by atoms with van der Waals surface area (Å²) in [5.74, 6) is -0.983. The maximum absolute atomic E-state index is 7.91. The second kappa shape index (κ2) is 3.67. The second-order valence-corrected chi connectivity index (χ2v) is 2.77. The Labute approximate surface area is 102 Å². The molecule has 0 spiro atoms. The monoisotopic (exact) mass is 257 g/mol. The lowest BCUT2D eigenvalue weighted by molar-refractivity contribution is 0.121. The molecule has 0 aliphatic carbocycles. The molecule has 1 aromatic rings. The van der Waals surface area contributed by atoms with Gasteiger partial charge in [-0.05, 0) is 15.9 Å². The van der Waals surface area contributed by atoms with Crippen LogP contribution in [0.3, 0.4) is 0 Å². The van der Waals surface area contributed by atoms with Crippen molar-refractivity contribution in [2.75, 3.05) is 31.0 Å². The fraction of sp³-hybridized carbons (Fsp3) is 0.625. The molecule has 1 fully saturated rings. The van der Waals surface area contributed by atoms with Gasteiger partial charge in [-0.2, -0.15) is 0 Å². The summed E-state index contributed by atoms with van der Waals surface area (Å²) in [7, 11) is 0. The van der Waals surface area contributed by atoms with E-state index < -0.39 is 45.2 Å². The zero-order valence-corrected chi connectivity index (χ0v) is 7.71. The van der Waals surface area contributed by atoms with Gasteiger partial charge in [-0.1, -0.05) is 0 Å². The fourth-order valence-corrected chi connectivity index (χ4v) is 1.08. The van der Waals surface area contributed by atoms with E-state index in [9.17, 15) is 0 Å². The molecule has 0 bridgehead atoms. The number of hydrogen-bond donors (Lipinski definition) is 0. The topological polar surface area (TPSA) is 30.3 Å².